The van der Waals surface area contributed by atoms with Crippen LogP contribution in [-0.4, -0.2) is 30.5 Å². The van der Waals surface area contributed by atoms with Crippen molar-refractivity contribution in [3.8, 4) is 0 Å². The summed E-state index contributed by atoms with van der Waals surface area (Å²) in [5, 5.41) is 10.9. The van der Waals surface area contributed by atoms with Crippen LogP contribution in [0.15, 0.2) is 30.6 Å². The normalized spacial score (nSPS) is 16.6. The fourth-order valence-corrected chi connectivity index (χ4v) is 4.14. The van der Waals surface area contributed by atoms with E-state index in [1.165, 1.54) is 37.6 Å². The highest BCUT2D eigenvalue weighted by Crippen LogP contribution is 2.41. The van der Waals surface area contributed by atoms with Gasteiger partial charge in [-0.15, -0.1) is 0 Å². The SMILES string of the molecule is CN1c2nccnc2C(O)=C(c2ccc(Cl)cc2Cl)S1(=O)=O. The maximum Gasteiger partial charge on any atom is 0.269 e. The van der Waals surface area contributed by atoms with E-state index in [1.54, 1.807) is 0 Å². The van der Waals surface area contributed by atoms with E-state index in [4.69, 9.17) is 23.2 Å². The van der Waals surface area contributed by atoms with Crippen molar-refractivity contribution in [1.82, 2.24) is 9.97 Å². The molecule has 0 amide bonds. The van der Waals surface area contributed by atoms with Crippen LogP contribution in [-0.2, 0) is 10.0 Å². The number of sulfonamides is 1. The van der Waals surface area contributed by atoms with Gasteiger partial charge in [0.05, 0.1) is 5.02 Å². The minimum Gasteiger partial charge on any atom is -0.504 e. The van der Waals surface area contributed by atoms with Crippen LogP contribution in [0, 0.1) is 0 Å². The molecular formula is C13H9Cl2N3O3S. The topological polar surface area (TPSA) is 83.4 Å². The minimum atomic E-state index is -4.02. The molecule has 22 heavy (non-hydrogen) atoms. The van der Waals surface area contributed by atoms with Gasteiger partial charge in [-0.1, -0.05) is 29.3 Å². The fourth-order valence-electron chi connectivity index (χ4n) is 2.15. The number of halogens is 2. The Morgan fingerprint density at radius 2 is 1.86 bits per heavy atom. The van der Waals surface area contributed by atoms with E-state index in [1.807, 2.05) is 0 Å². The van der Waals surface area contributed by atoms with E-state index in [-0.39, 0.29) is 27.0 Å². The van der Waals surface area contributed by atoms with Crippen LogP contribution in [0.4, 0.5) is 5.82 Å². The molecule has 0 atom stereocenters. The summed E-state index contributed by atoms with van der Waals surface area (Å²) in [6.45, 7) is 0. The van der Waals surface area contributed by atoms with Crippen LogP contribution in [0.1, 0.15) is 11.3 Å². The molecule has 0 bridgehead atoms. The van der Waals surface area contributed by atoms with Crippen molar-refractivity contribution in [3.05, 3.63) is 51.9 Å². The van der Waals surface area contributed by atoms with Gasteiger partial charge >= 0.3 is 0 Å². The van der Waals surface area contributed by atoms with Gasteiger partial charge in [0.1, 0.15) is 10.6 Å². The second-order valence-corrected chi connectivity index (χ2v) is 7.25. The molecule has 0 aliphatic carbocycles. The lowest BCUT2D eigenvalue weighted by molar-refractivity contribution is 0.509. The summed E-state index contributed by atoms with van der Waals surface area (Å²) >= 11 is 11.9. The summed E-state index contributed by atoms with van der Waals surface area (Å²) in [6.07, 6.45) is 2.71. The number of hydrogen-bond acceptors (Lipinski definition) is 5. The molecule has 0 spiro atoms. The second-order valence-electron chi connectivity index (χ2n) is 4.50. The fraction of sp³-hybridized carbons (Fsp3) is 0.0769. The molecule has 1 aliphatic heterocycles. The first-order valence-electron chi connectivity index (χ1n) is 6.03. The molecule has 2 heterocycles. The predicted molar refractivity (Wildman–Crippen MR) is 85.3 cm³/mol. The minimum absolute atomic E-state index is 0.0498. The summed E-state index contributed by atoms with van der Waals surface area (Å²) in [6, 6.07) is 4.33. The number of hydrogen-bond donors (Lipinski definition) is 1. The monoisotopic (exact) mass is 357 g/mol. The molecule has 114 valence electrons. The van der Waals surface area contributed by atoms with E-state index in [2.05, 4.69) is 9.97 Å². The van der Waals surface area contributed by atoms with Gasteiger partial charge in [0.25, 0.3) is 10.0 Å². The molecule has 0 fully saturated rings. The van der Waals surface area contributed by atoms with Crippen LogP contribution in [0.2, 0.25) is 10.0 Å². The third-order valence-electron chi connectivity index (χ3n) is 3.21. The highest BCUT2D eigenvalue weighted by Gasteiger charge is 2.38. The number of benzene rings is 1. The van der Waals surface area contributed by atoms with Crippen LogP contribution in [0.5, 0.6) is 0 Å². The molecule has 6 nitrogen and oxygen atoms in total. The molecule has 0 radical (unpaired) electrons. The van der Waals surface area contributed by atoms with E-state index < -0.39 is 15.8 Å². The van der Waals surface area contributed by atoms with Crippen molar-refractivity contribution in [2.45, 2.75) is 0 Å². The van der Waals surface area contributed by atoms with E-state index in [0.29, 0.717) is 5.02 Å². The molecule has 3 rings (SSSR count). The van der Waals surface area contributed by atoms with Crippen molar-refractivity contribution in [1.29, 1.82) is 0 Å². The van der Waals surface area contributed by atoms with Gasteiger partial charge in [0, 0.05) is 30.0 Å². The van der Waals surface area contributed by atoms with Gasteiger partial charge in [-0.3, -0.25) is 4.31 Å². The Kier molecular flexibility index (Phi) is 3.51. The Balaban J connectivity index is 2.38. The van der Waals surface area contributed by atoms with Crippen LogP contribution in [0.3, 0.4) is 0 Å². The Hall–Kier alpha value is -1.83. The predicted octanol–water partition coefficient (Wildman–Crippen LogP) is 2.95. The van der Waals surface area contributed by atoms with Crippen molar-refractivity contribution in [2.24, 2.45) is 0 Å². The molecule has 1 N–H and O–H groups in total. The Labute approximate surface area is 136 Å². The molecule has 9 heteroatoms. The number of fused-ring (bicyclic) bond motifs is 1. The molecule has 2 aromatic rings. The lowest BCUT2D eigenvalue weighted by Crippen LogP contribution is -2.33. The average Bonchev–Trinajstić information content (AvgIpc) is 2.47. The third-order valence-corrected chi connectivity index (χ3v) is 5.58. The van der Waals surface area contributed by atoms with Crippen LogP contribution < -0.4 is 4.31 Å². The van der Waals surface area contributed by atoms with Gasteiger partial charge < -0.3 is 5.11 Å². The zero-order chi connectivity index (χ0) is 16.1. The van der Waals surface area contributed by atoms with Gasteiger partial charge in [-0.25, -0.2) is 18.4 Å². The van der Waals surface area contributed by atoms with Crippen LogP contribution >= 0.6 is 23.2 Å². The van der Waals surface area contributed by atoms with Crippen molar-refractivity contribution >= 4 is 49.7 Å². The summed E-state index contributed by atoms with van der Waals surface area (Å²) in [5.41, 5.74) is 0.215. The number of aliphatic hydroxyl groups excluding tert-OH is 1. The zero-order valence-corrected chi connectivity index (χ0v) is 13.5. The summed E-state index contributed by atoms with van der Waals surface area (Å²) < 4.78 is 26.3. The largest absolute Gasteiger partial charge is 0.504 e. The lowest BCUT2D eigenvalue weighted by Gasteiger charge is -2.27. The second kappa shape index (κ2) is 5.12. The molecule has 1 aromatic heterocycles. The van der Waals surface area contributed by atoms with E-state index in [9.17, 15) is 13.5 Å². The number of aliphatic hydroxyl groups is 1. The highest BCUT2D eigenvalue weighted by molar-refractivity contribution is 8.02. The molecular weight excluding hydrogens is 349 g/mol. The van der Waals surface area contributed by atoms with Crippen molar-refractivity contribution < 1.29 is 13.5 Å². The zero-order valence-electron chi connectivity index (χ0n) is 11.2. The molecule has 1 aromatic carbocycles. The van der Waals surface area contributed by atoms with Gasteiger partial charge in [0.15, 0.2) is 11.6 Å². The number of aromatic nitrogens is 2. The summed E-state index contributed by atoms with van der Waals surface area (Å²) in [4.78, 5) is 7.61. The number of anilines is 1. The summed E-state index contributed by atoms with van der Waals surface area (Å²) in [5.74, 6) is -0.445. The lowest BCUT2D eigenvalue weighted by atomic mass is 10.1. The molecule has 0 saturated heterocycles. The first kappa shape index (κ1) is 15.1. The smallest absolute Gasteiger partial charge is 0.269 e. The standard InChI is InChI=1S/C13H9Cl2N3O3S/c1-18-13-10(16-4-5-17-13)11(19)12(22(18,20)21)8-3-2-7(14)6-9(8)15/h2-6,19H,1H3. The molecule has 0 unspecified atom stereocenters. The molecule has 1 aliphatic rings. The number of rotatable bonds is 1. The van der Waals surface area contributed by atoms with E-state index >= 15 is 0 Å². The van der Waals surface area contributed by atoms with Crippen molar-refractivity contribution in [2.75, 3.05) is 11.4 Å². The number of nitrogens with zero attached hydrogens (tertiary/aromatic N) is 3. The highest BCUT2D eigenvalue weighted by atomic mass is 35.5. The van der Waals surface area contributed by atoms with Gasteiger partial charge in [-0.05, 0) is 12.1 Å². The Bertz CT molecular complexity index is 912. The molecule has 0 saturated carbocycles. The van der Waals surface area contributed by atoms with Gasteiger partial charge in [-0.2, -0.15) is 0 Å². The van der Waals surface area contributed by atoms with Crippen LogP contribution in [0.25, 0.3) is 10.7 Å². The van der Waals surface area contributed by atoms with Crippen molar-refractivity contribution in [3.63, 3.8) is 0 Å². The quantitative estimate of drug-likeness (QED) is 0.847. The van der Waals surface area contributed by atoms with E-state index in [0.717, 1.165) is 4.31 Å². The maximum atomic E-state index is 12.7. The Morgan fingerprint density at radius 1 is 1.18 bits per heavy atom. The van der Waals surface area contributed by atoms with Gasteiger partial charge in [0.2, 0.25) is 0 Å². The average molecular weight is 358 g/mol. The third kappa shape index (κ3) is 2.13. The first-order valence-corrected chi connectivity index (χ1v) is 8.22. The Morgan fingerprint density at radius 3 is 2.55 bits per heavy atom. The maximum absolute atomic E-state index is 12.7. The summed E-state index contributed by atoms with van der Waals surface area (Å²) in [7, 11) is -2.69. The first-order chi connectivity index (χ1) is 10.3.